The second-order valence-electron chi connectivity index (χ2n) is 3.59. The van der Waals surface area contributed by atoms with Crippen LogP contribution in [0.4, 0.5) is 5.82 Å². The molecule has 0 unspecified atom stereocenters. The summed E-state index contributed by atoms with van der Waals surface area (Å²) in [5, 5.41) is 3.94. The van der Waals surface area contributed by atoms with Gasteiger partial charge >= 0.3 is 0 Å². The van der Waals surface area contributed by atoms with E-state index in [0.29, 0.717) is 16.3 Å². The molecule has 1 amide bonds. The molecule has 6 heteroatoms. The number of rotatable bonds is 3. The van der Waals surface area contributed by atoms with Crippen molar-refractivity contribution in [3.05, 3.63) is 45.8 Å². The normalized spacial score (nSPS) is 10.1. The fourth-order valence-corrected chi connectivity index (χ4v) is 2.29. The molecular weight excluding hydrogens is 272 g/mol. The van der Waals surface area contributed by atoms with Crippen molar-refractivity contribution in [2.24, 2.45) is 0 Å². The Balaban J connectivity index is 2.13. The van der Waals surface area contributed by atoms with Gasteiger partial charge in [-0.25, -0.2) is 4.98 Å². The molecule has 0 aliphatic rings. The molecular formula is C12H9ClN2O2S. The fourth-order valence-electron chi connectivity index (χ4n) is 1.36. The molecule has 0 atom stereocenters. The van der Waals surface area contributed by atoms with Crippen molar-refractivity contribution in [3.8, 4) is 0 Å². The number of thiophene rings is 1. The van der Waals surface area contributed by atoms with Crippen LogP contribution in [-0.4, -0.2) is 16.1 Å². The zero-order chi connectivity index (χ0) is 13.1. The molecule has 0 fully saturated rings. The van der Waals surface area contributed by atoms with E-state index in [9.17, 15) is 9.59 Å². The average molecular weight is 281 g/mol. The van der Waals surface area contributed by atoms with Crippen molar-refractivity contribution >= 4 is 39.9 Å². The molecule has 0 radical (unpaired) electrons. The summed E-state index contributed by atoms with van der Waals surface area (Å²) in [6.07, 6.45) is 1.33. The van der Waals surface area contributed by atoms with Gasteiger partial charge in [0.15, 0.2) is 0 Å². The third-order valence-electron chi connectivity index (χ3n) is 2.30. The molecule has 1 N–H and O–H groups in total. The number of nitrogens with one attached hydrogen (secondary N) is 1. The Hall–Kier alpha value is -1.72. The number of pyridine rings is 1. The van der Waals surface area contributed by atoms with E-state index in [0.717, 1.165) is 5.56 Å². The van der Waals surface area contributed by atoms with Crippen molar-refractivity contribution < 1.29 is 9.59 Å². The molecule has 2 aromatic heterocycles. The maximum atomic E-state index is 11.9. The first-order valence-corrected chi connectivity index (χ1v) is 6.35. The lowest BCUT2D eigenvalue weighted by Crippen LogP contribution is -2.12. The first-order valence-electron chi connectivity index (χ1n) is 5.09. The molecule has 0 aliphatic carbocycles. The summed E-state index contributed by atoms with van der Waals surface area (Å²) in [6.45, 7) is 1.87. The lowest BCUT2D eigenvalue weighted by molar-refractivity contribution is 0.102. The van der Waals surface area contributed by atoms with Crippen LogP contribution >= 0.6 is 22.9 Å². The van der Waals surface area contributed by atoms with E-state index in [1.54, 1.807) is 0 Å². The lowest BCUT2D eigenvalue weighted by atomic mass is 10.3. The van der Waals surface area contributed by atoms with Gasteiger partial charge in [-0.05, 0) is 47.7 Å². The number of nitrogens with zero attached hydrogens (tertiary/aromatic N) is 1. The number of carbonyl (C=O) groups is 2. The number of aryl methyl sites for hydroxylation is 1. The number of hydrogen-bond donors (Lipinski definition) is 1. The summed E-state index contributed by atoms with van der Waals surface area (Å²) >= 11 is 6.67. The maximum absolute atomic E-state index is 11.9. The van der Waals surface area contributed by atoms with Crippen LogP contribution in [0.1, 0.15) is 25.6 Å². The van der Waals surface area contributed by atoms with Crippen LogP contribution in [0.2, 0.25) is 0 Å². The molecule has 2 heterocycles. The zero-order valence-electron chi connectivity index (χ0n) is 9.44. The average Bonchev–Trinajstić information content (AvgIpc) is 2.76. The number of aromatic nitrogens is 1. The number of anilines is 1. The number of hydrogen-bond acceptors (Lipinski definition) is 4. The Morgan fingerprint density at radius 1 is 1.33 bits per heavy atom. The van der Waals surface area contributed by atoms with Crippen LogP contribution in [0.15, 0.2) is 29.8 Å². The van der Waals surface area contributed by atoms with Crippen LogP contribution < -0.4 is 5.32 Å². The van der Waals surface area contributed by atoms with Crippen LogP contribution in [0.25, 0.3) is 0 Å². The SMILES string of the molecule is Cc1ccsc1C(=O)Nc1ccc(C(=O)Cl)cn1. The minimum atomic E-state index is -0.575. The largest absolute Gasteiger partial charge is 0.306 e. The first kappa shape index (κ1) is 12.7. The monoisotopic (exact) mass is 280 g/mol. The molecule has 0 saturated carbocycles. The molecule has 18 heavy (non-hydrogen) atoms. The number of amides is 1. The van der Waals surface area contributed by atoms with Gasteiger partial charge in [-0.1, -0.05) is 0 Å². The second kappa shape index (κ2) is 5.29. The summed E-state index contributed by atoms with van der Waals surface area (Å²) in [4.78, 5) is 27.3. The zero-order valence-corrected chi connectivity index (χ0v) is 11.0. The van der Waals surface area contributed by atoms with E-state index < -0.39 is 5.24 Å². The van der Waals surface area contributed by atoms with Crippen molar-refractivity contribution in [2.45, 2.75) is 6.92 Å². The molecule has 2 aromatic rings. The van der Waals surface area contributed by atoms with E-state index in [1.165, 1.54) is 29.7 Å². The Morgan fingerprint density at radius 2 is 2.11 bits per heavy atom. The molecule has 0 bridgehead atoms. The van der Waals surface area contributed by atoms with Gasteiger partial charge in [0.2, 0.25) is 0 Å². The second-order valence-corrected chi connectivity index (χ2v) is 4.85. The Kier molecular flexibility index (Phi) is 3.74. The van der Waals surface area contributed by atoms with E-state index in [4.69, 9.17) is 11.6 Å². The van der Waals surface area contributed by atoms with Crippen LogP contribution in [0.3, 0.4) is 0 Å². The quantitative estimate of drug-likeness (QED) is 0.879. The predicted octanol–water partition coefficient (Wildman–Crippen LogP) is 3.08. The molecule has 0 aromatic carbocycles. The van der Waals surface area contributed by atoms with Crippen molar-refractivity contribution in [2.75, 3.05) is 5.32 Å². The van der Waals surface area contributed by atoms with Gasteiger partial charge in [0, 0.05) is 6.20 Å². The summed E-state index contributed by atoms with van der Waals surface area (Å²) in [5.74, 6) is 0.175. The van der Waals surface area contributed by atoms with E-state index >= 15 is 0 Å². The van der Waals surface area contributed by atoms with Gasteiger partial charge in [-0.3, -0.25) is 9.59 Å². The molecule has 2 rings (SSSR count). The van der Waals surface area contributed by atoms with Crippen molar-refractivity contribution in [3.63, 3.8) is 0 Å². The third-order valence-corrected chi connectivity index (χ3v) is 3.53. The van der Waals surface area contributed by atoms with Gasteiger partial charge in [-0.15, -0.1) is 11.3 Å². The summed E-state index contributed by atoms with van der Waals surface area (Å²) < 4.78 is 0. The number of carbonyl (C=O) groups excluding carboxylic acids is 2. The lowest BCUT2D eigenvalue weighted by Gasteiger charge is -2.03. The minimum absolute atomic E-state index is 0.208. The Bertz CT molecular complexity index is 592. The maximum Gasteiger partial charge on any atom is 0.267 e. The van der Waals surface area contributed by atoms with Crippen LogP contribution in [0, 0.1) is 6.92 Å². The molecule has 4 nitrogen and oxygen atoms in total. The minimum Gasteiger partial charge on any atom is -0.306 e. The Morgan fingerprint density at radius 3 is 2.61 bits per heavy atom. The van der Waals surface area contributed by atoms with Crippen molar-refractivity contribution in [1.29, 1.82) is 0 Å². The van der Waals surface area contributed by atoms with E-state index in [1.807, 2.05) is 18.4 Å². The van der Waals surface area contributed by atoms with Gasteiger partial charge in [0.1, 0.15) is 5.82 Å². The molecule has 0 saturated heterocycles. The highest BCUT2D eigenvalue weighted by molar-refractivity contribution is 7.12. The predicted molar refractivity (Wildman–Crippen MR) is 71.4 cm³/mol. The standard InChI is InChI=1S/C12H9ClN2O2S/c1-7-4-5-18-10(7)12(17)15-9-3-2-8(6-14-9)11(13)16/h2-6H,1H3,(H,14,15,17). The van der Waals surface area contributed by atoms with Gasteiger partial charge < -0.3 is 5.32 Å². The summed E-state index contributed by atoms with van der Waals surface area (Å²) in [6, 6.07) is 4.93. The highest BCUT2D eigenvalue weighted by Gasteiger charge is 2.11. The van der Waals surface area contributed by atoms with Crippen LogP contribution in [0.5, 0.6) is 0 Å². The molecule has 0 aliphatic heterocycles. The van der Waals surface area contributed by atoms with Gasteiger partial charge in [0.05, 0.1) is 10.4 Å². The third kappa shape index (κ3) is 2.75. The highest BCUT2D eigenvalue weighted by atomic mass is 35.5. The highest BCUT2D eigenvalue weighted by Crippen LogP contribution is 2.17. The van der Waals surface area contributed by atoms with E-state index in [-0.39, 0.29) is 5.91 Å². The summed E-state index contributed by atoms with van der Waals surface area (Å²) in [7, 11) is 0. The van der Waals surface area contributed by atoms with Gasteiger partial charge in [0.25, 0.3) is 11.1 Å². The molecule has 0 spiro atoms. The smallest absolute Gasteiger partial charge is 0.267 e. The van der Waals surface area contributed by atoms with Crippen molar-refractivity contribution in [1.82, 2.24) is 4.98 Å². The fraction of sp³-hybridized carbons (Fsp3) is 0.0833. The topological polar surface area (TPSA) is 59.1 Å². The first-order chi connectivity index (χ1) is 8.58. The molecule has 92 valence electrons. The Labute approximate surface area is 113 Å². The van der Waals surface area contributed by atoms with Crippen LogP contribution in [-0.2, 0) is 0 Å². The van der Waals surface area contributed by atoms with E-state index in [2.05, 4.69) is 10.3 Å². The number of halogens is 1. The van der Waals surface area contributed by atoms with Gasteiger partial charge in [-0.2, -0.15) is 0 Å². The summed E-state index contributed by atoms with van der Waals surface area (Å²) in [5.41, 5.74) is 1.21.